The first kappa shape index (κ1) is 21.7. The Bertz CT molecular complexity index is 623. The molecule has 1 aromatic rings. The molecule has 2 amide bonds. The van der Waals surface area contributed by atoms with Crippen LogP contribution >= 0.6 is 0 Å². The first-order valence-corrected chi connectivity index (χ1v) is 8.96. The first-order chi connectivity index (χ1) is 12.1. The Morgan fingerprint density at radius 2 is 1.65 bits per heavy atom. The summed E-state index contributed by atoms with van der Waals surface area (Å²) < 4.78 is 0. The lowest BCUT2D eigenvalue weighted by atomic mass is 9.97. The molecule has 0 aliphatic carbocycles. The second-order valence-electron chi connectivity index (χ2n) is 7.42. The zero-order valence-corrected chi connectivity index (χ0v) is 16.3. The largest absolute Gasteiger partial charge is 0.481 e. The molecular weight excluding hydrogens is 332 g/mol. The van der Waals surface area contributed by atoms with E-state index in [4.69, 9.17) is 0 Å². The zero-order chi connectivity index (χ0) is 19.9. The summed E-state index contributed by atoms with van der Waals surface area (Å²) in [6.07, 6.45) is 0.519. The molecule has 0 aromatic heterocycles. The summed E-state index contributed by atoms with van der Waals surface area (Å²) in [5, 5.41) is 11.9. The van der Waals surface area contributed by atoms with Crippen LogP contribution in [0.25, 0.3) is 0 Å². The van der Waals surface area contributed by atoms with Crippen molar-refractivity contribution in [1.82, 2.24) is 10.2 Å². The van der Waals surface area contributed by atoms with Crippen LogP contribution in [-0.4, -0.2) is 41.4 Å². The van der Waals surface area contributed by atoms with Crippen LogP contribution in [0.5, 0.6) is 0 Å². The van der Waals surface area contributed by atoms with E-state index in [0.29, 0.717) is 18.5 Å². The van der Waals surface area contributed by atoms with Gasteiger partial charge in [0.1, 0.15) is 0 Å². The summed E-state index contributed by atoms with van der Waals surface area (Å²) in [6, 6.07) is 7.00. The van der Waals surface area contributed by atoms with Crippen LogP contribution in [0.1, 0.15) is 50.0 Å². The maximum atomic E-state index is 12.2. The molecule has 1 aromatic carbocycles. The highest BCUT2D eigenvalue weighted by Gasteiger charge is 2.20. The lowest BCUT2D eigenvalue weighted by Gasteiger charge is -2.19. The molecule has 0 heterocycles. The van der Waals surface area contributed by atoms with E-state index in [2.05, 4.69) is 5.32 Å². The van der Waals surface area contributed by atoms with Gasteiger partial charge in [0.25, 0.3) is 5.91 Å². The highest BCUT2D eigenvalue weighted by atomic mass is 16.4. The Morgan fingerprint density at radius 1 is 1.08 bits per heavy atom. The second kappa shape index (κ2) is 9.94. The number of nitrogens with one attached hydrogen (secondary N) is 1. The summed E-state index contributed by atoms with van der Waals surface area (Å²) >= 11 is 0. The molecule has 1 rings (SSSR count). The number of aliphatic carboxylic acids is 1. The quantitative estimate of drug-likeness (QED) is 0.707. The fraction of sp³-hybridized carbons (Fsp3) is 0.550. The van der Waals surface area contributed by atoms with Crippen LogP contribution in [0.4, 0.5) is 0 Å². The standard InChI is InChI=1S/C20H30N2O4/c1-13(2)10-17(20(25)26)11-21-18(23)16-8-6-15(7-9-16)12-22(5)19(24)14(3)4/h6-9,13-14,17H,10-12H2,1-5H3,(H,21,23)(H,25,26). The summed E-state index contributed by atoms with van der Waals surface area (Å²) in [7, 11) is 1.75. The minimum atomic E-state index is -0.896. The molecule has 1 unspecified atom stereocenters. The minimum absolute atomic E-state index is 0.0573. The molecule has 0 saturated heterocycles. The molecule has 6 heteroatoms. The molecule has 0 spiro atoms. The summed E-state index contributed by atoms with van der Waals surface area (Å²) in [6.45, 7) is 8.22. The van der Waals surface area contributed by atoms with Crippen LogP contribution in [-0.2, 0) is 16.1 Å². The molecule has 26 heavy (non-hydrogen) atoms. The van der Waals surface area contributed by atoms with Crippen molar-refractivity contribution in [2.75, 3.05) is 13.6 Å². The third-order valence-electron chi connectivity index (χ3n) is 4.12. The van der Waals surface area contributed by atoms with E-state index in [-0.39, 0.29) is 30.2 Å². The minimum Gasteiger partial charge on any atom is -0.481 e. The molecule has 2 N–H and O–H groups in total. The normalized spacial score (nSPS) is 12.1. The summed E-state index contributed by atoms with van der Waals surface area (Å²) in [5.74, 6) is -1.52. The summed E-state index contributed by atoms with van der Waals surface area (Å²) in [5.41, 5.74) is 1.40. The van der Waals surface area contributed by atoms with Crippen molar-refractivity contribution in [3.8, 4) is 0 Å². The number of benzene rings is 1. The monoisotopic (exact) mass is 362 g/mol. The Kier molecular flexibility index (Phi) is 8.29. The van der Waals surface area contributed by atoms with E-state index < -0.39 is 11.9 Å². The Labute approximate surface area is 155 Å². The van der Waals surface area contributed by atoms with Crippen LogP contribution in [0.3, 0.4) is 0 Å². The number of carboxylic acid groups (broad SMARTS) is 1. The molecule has 1 atom stereocenters. The number of carboxylic acids is 1. The van der Waals surface area contributed by atoms with Gasteiger partial charge in [-0.15, -0.1) is 0 Å². The number of carbonyl (C=O) groups excluding carboxylic acids is 2. The van der Waals surface area contributed by atoms with Crippen LogP contribution < -0.4 is 5.32 Å². The number of hydrogen-bond donors (Lipinski definition) is 2. The number of hydrogen-bond acceptors (Lipinski definition) is 3. The van der Waals surface area contributed by atoms with Gasteiger partial charge in [-0.2, -0.15) is 0 Å². The molecule has 0 saturated carbocycles. The van der Waals surface area contributed by atoms with Gasteiger partial charge in [-0.1, -0.05) is 39.8 Å². The smallest absolute Gasteiger partial charge is 0.308 e. The van der Waals surface area contributed by atoms with Crippen molar-refractivity contribution >= 4 is 17.8 Å². The Balaban J connectivity index is 2.63. The molecule has 0 radical (unpaired) electrons. The Hall–Kier alpha value is -2.37. The van der Waals surface area contributed by atoms with Crippen molar-refractivity contribution in [3.05, 3.63) is 35.4 Å². The van der Waals surface area contributed by atoms with Gasteiger partial charge in [0.05, 0.1) is 5.92 Å². The topological polar surface area (TPSA) is 86.7 Å². The number of rotatable bonds is 9. The predicted octanol–water partition coefficient (Wildman–Crippen LogP) is 2.78. The summed E-state index contributed by atoms with van der Waals surface area (Å²) in [4.78, 5) is 37.0. The third kappa shape index (κ3) is 6.86. The molecule has 144 valence electrons. The lowest BCUT2D eigenvalue weighted by Crippen LogP contribution is -2.33. The first-order valence-electron chi connectivity index (χ1n) is 8.96. The van der Waals surface area contributed by atoms with Crippen LogP contribution in [0, 0.1) is 17.8 Å². The molecule has 0 aliphatic rings. The van der Waals surface area contributed by atoms with Crippen molar-refractivity contribution in [3.63, 3.8) is 0 Å². The molecule has 0 fully saturated rings. The average Bonchev–Trinajstić information content (AvgIpc) is 2.57. The van der Waals surface area contributed by atoms with Crippen LogP contribution in [0.15, 0.2) is 24.3 Å². The van der Waals surface area contributed by atoms with Gasteiger partial charge in [0, 0.05) is 31.6 Å². The van der Waals surface area contributed by atoms with E-state index in [1.165, 1.54) is 0 Å². The van der Waals surface area contributed by atoms with E-state index in [0.717, 1.165) is 5.56 Å². The SMILES string of the molecule is CC(C)CC(CNC(=O)c1ccc(CN(C)C(=O)C(C)C)cc1)C(=O)O. The van der Waals surface area contributed by atoms with Crippen molar-refractivity contribution in [2.45, 2.75) is 40.7 Å². The number of nitrogens with zero attached hydrogens (tertiary/aromatic N) is 1. The highest BCUT2D eigenvalue weighted by Crippen LogP contribution is 2.12. The maximum absolute atomic E-state index is 12.2. The number of carbonyl (C=O) groups is 3. The molecule has 6 nitrogen and oxygen atoms in total. The highest BCUT2D eigenvalue weighted by molar-refractivity contribution is 5.94. The fourth-order valence-corrected chi connectivity index (χ4v) is 2.71. The van der Waals surface area contributed by atoms with Crippen molar-refractivity contribution in [1.29, 1.82) is 0 Å². The van der Waals surface area contributed by atoms with Crippen molar-refractivity contribution < 1.29 is 19.5 Å². The predicted molar refractivity (Wildman–Crippen MR) is 101 cm³/mol. The molecule has 0 bridgehead atoms. The van der Waals surface area contributed by atoms with E-state index in [9.17, 15) is 19.5 Å². The van der Waals surface area contributed by atoms with Gasteiger partial charge in [-0.05, 0) is 30.0 Å². The van der Waals surface area contributed by atoms with Gasteiger partial charge in [-0.25, -0.2) is 0 Å². The van der Waals surface area contributed by atoms with Gasteiger partial charge >= 0.3 is 5.97 Å². The van der Waals surface area contributed by atoms with E-state index in [1.54, 1.807) is 24.1 Å². The average molecular weight is 362 g/mol. The number of amides is 2. The molecule has 0 aliphatic heterocycles. The molecular formula is C20H30N2O4. The fourth-order valence-electron chi connectivity index (χ4n) is 2.71. The van der Waals surface area contributed by atoms with E-state index in [1.807, 2.05) is 39.8 Å². The lowest BCUT2D eigenvalue weighted by molar-refractivity contribution is -0.142. The second-order valence-corrected chi connectivity index (χ2v) is 7.42. The van der Waals surface area contributed by atoms with Gasteiger partial charge in [0.2, 0.25) is 5.91 Å². The van der Waals surface area contributed by atoms with E-state index >= 15 is 0 Å². The van der Waals surface area contributed by atoms with Crippen molar-refractivity contribution in [2.24, 2.45) is 17.8 Å². The maximum Gasteiger partial charge on any atom is 0.308 e. The van der Waals surface area contributed by atoms with Crippen LogP contribution in [0.2, 0.25) is 0 Å². The zero-order valence-electron chi connectivity index (χ0n) is 16.3. The van der Waals surface area contributed by atoms with Gasteiger partial charge in [-0.3, -0.25) is 14.4 Å². The third-order valence-corrected chi connectivity index (χ3v) is 4.12. The van der Waals surface area contributed by atoms with Gasteiger partial charge < -0.3 is 15.3 Å². The Morgan fingerprint density at radius 3 is 2.12 bits per heavy atom. The van der Waals surface area contributed by atoms with Gasteiger partial charge in [0.15, 0.2) is 0 Å².